The largest absolute Gasteiger partial charge is 0.497 e. The van der Waals surface area contributed by atoms with Crippen LogP contribution in [0.25, 0.3) is 11.1 Å². The first kappa shape index (κ1) is 22.1. The van der Waals surface area contributed by atoms with Crippen LogP contribution in [0.2, 0.25) is 0 Å². The van der Waals surface area contributed by atoms with Crippen molar-refractivity contribution < 1.29 is 13.2 Å². The lowest BCUT2D eigenvalue weighted by atomic mass is 10.0. The summed E-state index contributed by atoms with van der Waals surface area (Å²) in [7, 11) is -1.74. The van der Waals surface area contributed by atoms with Crippen LogP contribution in [0.4, 0.5) is 0 Å². The minimum Gasteiger partial charge on any atom is -0.497 e. The van der Waals surface area contributed by atoms with Gasteiger partial charge in [0.1, 0.15) is 5.75 Å². The molecule has 5 nitrogen and oxygen atoms in total. The van der Waals surface area contributed by atoms with Crippen molar-refractivity contribution >= 4 is 9.84 Å². The number of rotatable bonds is 7. The number of likely N-dealkylation sites (tertiary alicyclic amines) is 1. The van der Waals surface area contributed by atoms with Gasteiger partial charge in [-0.15, -0.1) is 0 Å². The Morgan fingerprint density at radius 2 is 1.72 bits per heavy atom. The first-order chi connectivity index (χ1) is 15.5. The number of ether oxygens (including phenoxy) is 1. The van der Waals surface area contributed by atoms with E-state index in [2.05, 4.69) is 29.2 Å². The third-order valence-electron chi connectivity index (χ3n) is 5.93. The van der Waals surface area contributed by atoms with E-state index in [0.717, 1.165) is 42.9 Å². The van der Waals surface area contributed by atoms with Crippen molar-refractivity contribution in [2.75, 3.05) is 26.0 Å². The number of sulfone groups is 1. The zero-order valence-electron chi connectivity index (χ0n) is 18.1. The monoisotopic (exact) mass is 446 g/mol. The van der Waals surface area contributed by atoms with Crippen LogP contribution in [0.15, 0.2) is 77.7 Å². The average Bonchev–Trinajstić information content (AvgIpc) is 3.25. The van der Waals surface area contributed by atoms with Gasteiger partial charge >= 0.3 is 0 Å². The highest BCUT2D eigenvalue weighted by molar-refractivity contribution is 7.91. The summed E-state index contributed by atoms with van der Waals surface area (Å²) >= 11 is 0. The minimum absolute atomic E-state index is 0.101. The molecule has 1 atom stereocenters. The molecule has 0 aromatic heterocycles. The summed E-state index contributed by atoms with van der Waals surface area (Å²) in [4.78, 5) is 2.55. The highest BCUT2D eigenvalue weighted by atomic mass is 32.2. The third-order valence-corrected chi connectivity index (χ3v) is 7.81. The van der Waals surface area contributed by atoms with Gasteiger partial charge in [-0.3, -0.25) is 4.90 Å². The molecule has 0 amide bonds. The van der Waals surface area contributed by atoms with E-state index in [0.29, 0.717) is 5.56 Å². The molecule has 0 bridgehead atoms. The Morgan fingerprint density at radius 3 is 2.38 bits per heavy atom. The van der Waals surface area contributed by atoms with Crippen LogP contribution in [-0.2, 0) is 16.4 Å². The maximum atomic E-state index is 12.8. The van der Waals surface area contributed by atoms with Gasteiger partial charge in [-0.25, -0.2) is 8.42 Å². The summed E-state index contributed by atoms with van der Waals surface area (Å²) in [6.07, 6.45) is 0.862. The molecule has 1 aliphatic rings. The average molecular weight is 447 g/mol. The van der Waals surface area contributed by atoms with Crippen LogP contribution in [0.1, 0.15) is 17.5 Å². The van der Waals surface area contributed by atoms with Crippen molar-refractivity contribution in [3.8, 4) is 22.9 Å². The molecule has 1 fully saturated rings. The second-order valence-corrected chi connectivity index (χ2v) is 10.3. The highest BCUT2D eigenvalue weighted by Gasteiger charge is 2.28. The zero-order chi connectivity index (χ0) is 22.6. The summed E-state index contributed by atoms with van der Waals surface area (Å²) in [6.45, 7) is 2.46. The molecule has 0 unspecified atom stereocenters. The summed E-state index contributed by atoms with van der Waals surface area (Å²) in [5.74, 6) is 1.06. The summed E-state index contributed by atoms with van der Waals surface area (Å²) < 4.78 is 30.8. The molecule has 32 heavy (non-hydrogen) atoms. The SMILES string of the molecule is COc1ccc(-c2ccc(CN3CC[C@@H](CS(=O)(=O)c4cccc(C#N)c4)C3)cc2)cc1. The Kier molecular flexibility index (Phi) is 6.59. The van der Waals surface area contributed by atoms with Gasteiger partial charge in [0, 0.05) is 13.1 Å². The number of hydrogen-bond acceptors (Lipinski definition) is 5. The van der Waals surface area contributed by atoms with Crippen LogP contribution in [0, 0.1) is 17.2 Å². The van der Waals surface area contributed by atoms with Crippen molar-refractivity contribution in [3.63, 3.8) is 0 Å². The molecule has 1 heterocycles. The van der Waals surface area contributed by atoms with E-state index in [-0.39, 0.29) is 16.6 Å². The molecule has 4 rings (SSSR count). The highest BCUT2D eigenvalue weighted by Crippen LogP contribution is 2.26. The molecule has 0 aliphatic carbocycles. The minimum atomic E-state index is -3.40. The fourth-order valence-electron chi connectivity index (χ4n) is 4.20. The third kappa shape index (κ3) is 5.18. The molecule has 3 aromatic carbocycles. The standard InChI is InChI=1S/C26H26N2O3S/c1-31-25-11-9-24(10-12-25)23-7-5-20(6-8-23)17-28-14-13-22(18-28)19-32(29,30)26-4-2-3-21(15-26)16-27/h2-12,15,22H,13-14,17-19H2,1H3/t22-/m1/s1. The van der Waals surface area contributed by atoms with E-state index in [1.54, 1.807) is 25.3 Å². The van der Waals surface area contributed by atoms with Crippen molar-refractivity contribution in [2.45, 2.75) is 17.9 Å². The maximum Gasteiger partial charge on any atom is 0.178 e. The molecule has 1 saturated heterocycles. The Morgan fingerprint density at radius 1 is 1.03 bits per heavy atom. The lowest BCUT2D eigenvalue weighted by Crippen LogP contribution is -2.23. The zero-order valence-corrected chi connectivity index (χ0v) is 18.9. The van der Waals surface area contributed by atoms with E-state index in [1.807, 2.05) is 30.3 Å². The van der Waals surface area contributed by atoms with Crippen molar-refractivity contribution in [3.05, 3.63) is 83.9 Å². The van der Waals surface area contributed by atoms with E-state index in [1.165, 1.54) is 11.6 Å². The topological polar surface area (TPSA) is 70.4 Å². The van der Waals surface area contributed by atoms with Crippen LogP contribution in [0.5, 0.6) is 5.75 Å². The van der Waals surface area contributed by atoms with E-state index < -0.39 is 9.84 Å². The van der Waals surface area contributed by atoms with Crippen LogP contribution < -0.4 is 4.74 Å². The molecule has 0 radical (unpaired) electrons. The molecule has 6 heteroatoms. The van der Waals surface area contributed by atoms with Gasteiger partial charge in [-0.05, 0) is 65.9 Å². The predicted octanol–water partition coefficient (Wildman–Crippen LogP) is 4.53. The molecular weight excluding hydrogens is 420 g/mol. The molecule has 3 aromatic rings. The molecule has 164 valence electrons. The molecule has 1 aliphatic heterocycles. The van der Waals surface area contributed by atoms with Gasteiger partial charge in [-0.2, -0.15) is 5.26 Å². The summed E-state index contributed by atoms with van der Waals surface area (Å²) in [5.41, 5.74) is 3.88. The number of nitrogens with zero attached hydrogens (tertiary/aromatic N) is 2. The Hall–Kier alpha value is -3.14. The lowest BCUT2D eigenvalue weighted by Gasteiger charge is -2.16. The smallest absolute Gasteiger partial charge is 0.178 e. The summed E-state index contributed by atoms with van der Waals surface area (Å²) in [6, 6.07) is 24.8. The maximum absolute atomic E-state index is 12.8. The quantitative estimate of drug-likeness (QED) is 0.533. The first-order valence-electron chi connectivity index (χ1n) is 10.7. The van der Waals surface area contributed by atoms with Gasteiger partial charge in [-0.1, -0.05) is 42.5 Å². The Bertz CT molecular complexity index is 1210. The molecule has 0 N–H and O–H groups in total. The van der Waals surface area contributed by atoms with Gasteiger partial charge in [0.05, 0.1) is 29.4 Å². The molecule has 0 spiro atoms. The van der Waals surface area contributed by atoms with Gasteiger partial charge in [0.25, 0.3) is 0 Å². The van der Waals surface area contributed by atoms with Crippen LogP contribution in [0.3, 0.4) is 0 Å². The molecule has 0 saturated carbocycles. The fraction of sp³-hybridized carbons (Fsp3) is 0.269. The van der Waals surface area contributed by atoms with Gasteiger partial charge in [0.15, 0.2) is 9.84 Å². The van der Waals surface area contributed by atoms with Gasteiger partial charge in [0.2, 0.25) is 0 Å². The fourth-order valence-corrected chi connectivity index (χ4v) is 5.88. The Balaban J connectivity index is 1.35. The first-order valence-corrected chi connectivity index (χ1v) is 12.3. The normalized spacial score (nSPS) is 16.6. The van der Waals surface area contributed by atoms with Gasteiger partial charge < -0.3 is 4.74 Å². The van der Waals surface area contributed by atoms with Crippen LogP contribution >= 0.6 is 0 Å². The van der Waals surface area contributed by atoms with Crippen LogP contribution in [-0.4, -0.2) is 39.3 Å². The Labute approximate surface area is 189 Å². The van der Waals surface area contributed by atoms with E-state index >= 15 is 0 Å². The number of methoxy groups -OCH3 is 1. The number of hydrogen-bond donors (Lipinski definition) is 0. The van der Waals surface area contributed by atoms with Crippen molar-refractivity contribution in [2.24, 2.45) is 5.92 Å². The lowest BCUT2D eigenvalue weighted by molar-refractivity contribution is 0.320. The summed E-state index contributed by atoms with van der Waals surface area (Å²) in [5, 5.41) is 9.03. The second kappa shape index (κ2) is 9.56. The number of nitriles is 1. The van der Waals surface area contributed by atoms with Crippen molar-refractivity contribution in [1.82, 2.24) is 4.90 Å². The predicted molar refractivity (Wildman–Crippen MR) is 125 cm³/mol. The van der Waals surface area contributed by atoms with E-state index in [4.69, 9.17) is 10.00 Å². The second-order valence-electron chi connectivity index (χ2n) is 8.24. The molecular formula is C26H26N2O3S. The van der Waals surface area contributed by atoms with E-state index in [9.17, 15) is 8.42 Å². The van der Waals surface area contributed by atoms with Crippen molar-refractivity contribution in [1.29, 1.82) is 5.26 Å². The number of benzene rings is 3.